The highest BCUT2D eigenvalue weighted by Crippen LogP contribution is 2.59. The fraction of sp³-hybridized carbons (Fsp3) is 0.429. The SMILES string of the molecule is COc1cc2c(c(OC)c1OC)C1=C([C@@H]3C(=O)C(O)=C[C@H]13)[C@@H](NC(C)=O)CC2. The summed E-state index contributed by atoms with van der Waals surface area (Å²) in [7, 11) is 4.69. The smallest absolute Gasteiger partial charge is 0.217 e. The Morgan fingerprint density at radius 2 is 1.89 bits per heavy atom. The minimum Gasteiger partial charge on any atom is -0.505 e. The van der Waals surface area contributed by atoms with E-state index in [0.29, 0.717) is 30.1 Å². The molecular weight excluding hydrogens is 362 g/mol. The number of amides is 1. The van der Waals surface area contributed by atoms with E-state index in [9.17, 15) is 14.7 Å². The van der Waals surface area contributed by atoms with Gasteiger partial charge in [0.2, 0.25) is 17.4 Å². The van der Waals surface area contributed by atoms with Crippen LogP contribution in [0.15, 0.2) is 23.5 Å². The zero-order chi connectivity index (χ0) is 20.2. The quantitative estimate of drug-likeness (QED) is 0.825. The van der Waals surface area contributed by atoms with Gasteiger partial charge in [-0.3, -0.25) is 9.59 Å². The first-order valence-electron chi connectivity index (χ1n) is 9.21. The average Bonchev–Trinajstić information content (AvgIpc) is 2.82. The van der Waals surface area contributed by atoms with E-state index in [1.165, 1.54) is 6.92 Å². The van der Waals surface area contributed by atoms with E-state index in [4.69, 9.17) is 14.2 Å². The van der Waals surface area contributed by atoms with Crippen LogP contribution in [0.3, 0.4) is 0 Å². The molecule has 0 saturated carbocycles. The molecule has 0 unspecified atom stereocenters. The van der Waals surface area contributed by atoms with Crippen LogP contribution in [0.5, 0.6) is 17.2 Å². The Balaban J connectivity index is 1.97. The van der Waals surface area contributed by atoms with Crippen LogP contribution < -0.4 is 19.5 Å². The molecule has 7 nitrogen and oxygen atoms in total. The third kappa shape index (κ3) is 2.42. The summed E-state index contributed by atoms with van der Waals surface area (Å²) in [6.07, 6.45) is 2.91. The Kier molecular flexibility index (Phi) is 4.33. The molecule has 0 aromatic heterocycles. The Bertz CT molecular complexity index is 945. The number of ether oxygens (including phenoxy) is 3. The predicted molar refractivity (Wildman–Crippen MR) is 102 cm³/mol. The second-order valence-corrected chi connectivity index (χ2v) is 7.26. The van der Waals surface area contributed by atoms with E-state index < -0.39 is 5.92 Å². The highest BCUT2D eigenvalue weighted by molar-refractivity contribution is 6.08. The number of Topliss-reactive ketones (excluding diaryl/α,β-unsaturated/α-hetero) is 1. The monoisotopic (exact) mass is 385 g/mol. The molecule has 3 aliphatic rings. The molecule has 1 aromatic carbocycles. The lowest BCUT2D eigenvalue weighted by atomic mass is 9.64. The summed E-state index contributed by atoms with van der Waals surface area (Å²) in [6, 6.07) is 1.65. The number of hydrogen-bond donors (Lipinski definition) is 2. The molecule has 7 heteroatoms. The van der Waals surface area contributed by atoms with Crippen molar-refractivity contribution < 1.29 is 28.9 Å². The van der Waals surface area contributed by atoms with Crippen LogP contribution in [0.2, 0.25) is 0 Å². The van der Waals surface area contributed by atoms with Crippen molar-refractivity contribution in [2.75, 3.05) is 21.3 Å². The van der Waals surface area contributed by atoms with Gasteiger partial charge in [-0.05, 0) is 41.7 Å². The van der Waals surface area contributed by atoms with Gasteiger partial charge in [0.05, 0.1) is 33.3 Å². The van der Waals surface area contributed by atoms with Crippen LogP contribution in [0.1, 0.15) is 24.5 Å². The lowest BCUT2D eigenvalue weighted by Crippen LogP contribution is -2.44. The molecular formula is C21H23NO6. The van der Waals surface area contributed by atoms with Crippen LogP contribution in [0, 0.1) is 11.8 Å². The van der Waals surface area contributed by atoms with Crippen molar-refractivity contribution in [3.05, 3.63) is 34.6 Å². The van der Waals surface area contributed by atoms with Crippen molar-refractivity contribution in [3.63, 3.8) is 0 Å². The predicted octanol–water partition coefficient (Wildman–Crippen LogP) is 2.19. The fourth-order valence-electron chi connectivity index (χ4n) is 4.78. The number of carbonyl (C=O) groups excluding carboxylic acids is 2. The molecule has 0 heterocycles. The number of aliphatic hydroxyl groups excluding tert-OH is 1. The molecule has 1 amide bonds. The summed E-state index contributed by atoms with van der Waals surface area (Å²) in [5.41, 5.74) is 3.64. The highest BCUT2D eigenvalue weighted by Gasteiger charge is 2.53. The molecule has 0 aliphatic heterocycles. The van der Waals surface area contributed by atoms with E-state index >= 15 is 0 Å². The number of benzene rings is 1. The number of carbonyl (C=O) groups is 2. The molecule has 3 aliphatic carbocycles. The van der Waals surface area contributed by atoms with Gasteiger partial charge in [-0.15, -0.1) is 0 Å². The number of aryl methyl sites for hydroxylation is 1. The lowest BCUT2D eigenvalue weighted by Gasteiger charge is -2.40. The molecule has 0 spiro atoms. The summed E-state index contributed by atoms with van der Waals surface area (Å²) in [5, 5.41) is 13.0. The molecule has 0 bridgehead atoms. The van der Waals surface area contributed by atoms with Crippen LogP contribution in [0.4, 0.5) is 0 Å². The molecule has 28 heavy (non-hydrogen) atoms. The van der Waals surface area contributed by atoms with Crippen LogP contribution in [0.25, 0.3) is 5.57 Å². The number of methoxy groups -OCH3 is 3. The van der Waals surface area contributed by atoms with Crippen LogP contribution in [-0.2, 0) is 16.0 Å². The molecule has 3 atom stereocenters. The first-order chi connectivity index (χ1) is 13.4. The van der Waals surface area contributed by atoms with E-state index in [1.807, 2.05) is 6.07 Å². The van der Waals surface area contributed by atoms with E-state index in [1.54, 1.807) is 27.4 Å². The Labute approximate surface area is 163 Å². The lowest BCUT2D eigenvalue weighted by molar-refractivity contribution is -0.122. The van der Waals surface area contributed by atoms with Crippen LogP contribution in [-0.4, -0.2) is 44.2 Å². The van der Waals surface area contributed by atoms with Gasteiger partial charge in [-0.25, -0.2) is 0 Å². The van der Waals surface area contributed by atoms with Gasteiger partial charge in [-0.2, -0.15) is 0 Å². The number of rotatable bonds is 4. The van der Waals surface area contributed by atoms with Crippen molar-refractivity contribution in [2.24, 2.45) is 11.8 Å². The maximum atomic E-state index is 12.5. The van der Waals surface area contributed by atoms with E-state index in [0.717, 1.165) is 22.3 Å². The molecule has 0 saturated heterocycles. The molecule has 4 rings (SSSR count). The zero-order valence-corrected chi connectivity index (χ0v) is 16.3. The third-order valence-corrected chi connectivity index (χ3v) is 5.85. The second kappa shape index (κ2) is 6.58. The largest absolute Gasteiger partial charge is 0.505 e. The van der Waals surface area contributed by atoms with Crippen molar-refractivity contribution in [3.8, 4) is 17.2 Å². The molecule has 148 valence electrons. The maximum absolute atomic E-state index is 12.5. The normalized spacial score (nSPS) is 24.9. The van der Waals surface area contributed by atoms with Crippen molar-refractivity contribution in [1.82, 2.24) is 5.32 Å². The molecule has 1 aromatic rings. The summed E-state index contributed by atoms with van der Waals surface area (Å²) >= 11 is 0. The second-order valence-electron chi connectivity index (χ2n) is 7.26. The zero-order valence-electron chi connectivity index (χ0n) is 16.3. The van der Waals surface area contributed by atoms with Gasteiger partial charge in [0.25, 0.3) is 0 Å². The van der Waals surface area contributed by atoms with Crippen molar-refractivity contribution in [2.45, 2.75) is 25.8 Å². The summed E-state index contributed by atoms with van der Waals surface area (Å²) < 4.78 is 16.7. The Hall–Kier alpha value is -2.96. The number of nitrogens with one attached hydrogen (secondary N) is 1. The summed E-state index contributed by atoms with van der Waals surface area (Å²) in [6.45, 7) is 1.47. The number of hydrogen-bond acceptors (Lipinski definition) is 6. The Morgan fingerprint density at radius 1 is 1.18 bits per heavy atom. The van der Waals surface area contributed by atoms with Gasteiger partial charge in [0.15, 0.2) is 17.3 Å². The van der Waals surface area contributed by atoms with Crippen LogP contribution >= 0.6 is 0 Å². The standard InChI is InChI=1S/C21H23NO6/c1-9(23)22-12-6-5-10-7-14(26-2)20(27-3)21(28-4)15(10)16-11-8-13(24)19(25)17(11)18(12)16/h7-8,11-12,17,24H,5-6H2,1-4H3,(H,22,23)/t11-,12+,17-/m1/s1. The van der Waals surface area contributed by atoms with Gasteiger partial charge in [0, 0.05) is 18.4 Å². The first-order valence-corrected chi connectivity index (χ1v) is 9.21. The van der Waals surface area contributed by atoms with Gasteiger partial charge >= 0.3 is 0 Å². The molecule has 2 N–H and O–H groups in total. The average molecular weight is 385 g/mol. The maximum Gasteiger partial charge on any atom is 0.217 e. The number of aliphatic hydroxyl groups is 1. The number of ketones is 1. The van der Waals surface area contributed by atoms with Gasteiger partial charge < -0.3 is 24.6 Å². The van der Waals surface area contributed by atoms with E-state index in [-0.39, 0.29) is 29.4 Å². The first kappa shape index (κ1) is 18.4. The van der Waals surface area contributed by atoms with E-state index in [2.05, 4.69) is 5.32 Å². The summed E-state index contributed by atoms with van der Waals surface area (Å²) in [5.74, 6) is 0.255. The topological polar surface area (TPSA) is 94.1 Å². The third-order valence-electron chi connectivity index (χ3n) is 5.85. The minimum absolute atomic E-state index is 0.156. The van der Waals surface area contributed by atoms with Crippen molar-refractivity contribution >= 4 is 17.3 Å². The van der Waals surface area contributed by atoms with Crippen molar-refractivity contribution in [1.29, 1.82) is 0 Å². The van der Waals surface area contributed by atoms with Gasteiger partial charge in [0.1, 0.15) is 0 Å². The highest BCUT2D eigenvalue weighted by atomic mass is 16.5. The fourth-order valence-corrected chi connectivity index (χ4v) is 4.78. The number of allylic oxidation sites excluding steroid dienone is 3. The Morgan fingerprint density at radius 3 is 2.50 bits per heavy atom. The number of fused-ring (bicyclic) bond motifs is 5. The summed E-state index contributed by atoms with van der Waals surface area (Å²) in [4.78, 5) is 24.3. The van der Waals surface area contributed by atoms with Gasteiger partial charge in [-0.1, -0.05) is 0 Å². The molecule has 0 radical (unpaired) electrons. The minimum atomic E-state index is -0.435. The molecule has 0 fully saturated rings.